The zero-order chi connectivity index (χ0) is 12.7. The van der Waals surface area contributed by atoms with Crippen molar-refractivity contribution in [2.24, 2.45) is 0 Å². The van der Waals surface area contributed by atoms with E-state index in [-0.39, 0.29) is 0 Å². The highest BCUT2D eigenvalue weighted by Crippen LogP contribution is 2.23. The molecule has 0 unspecified atom stereocenters. The van der Waals surface area contributed by atoms with Crippen molar-refractivity contribution in [2.75, 3.05) is 20.4 Å². The van der Waals surface area contributed by atoms with E-state index in [1.807, 2.05) is 39.8 Å². The smallest absolute Gasteiger partial charge is 0.236 e. The Kier molecular flexibility index (Phi) is 3.50. The summed E-state index contributed by atoms with van der Waals surface area (Å²) in [6.07, 6.45) is 1.24. The molecular formula is C11H20N2O2S. The van der Waals surface area contributed by atoms with Crippen molar-refractivity contribution in [3.63, 3.8) is 0 Å². The first-order valence-corrected chi connectivity index (χ1v) is 7.03. The molecule has 0 aliphatic heterocycles. The van der Waals surface area contributed by atoms with Crippen LogP contribution in [0.3, 0.4) is 0 Å². The Morgan fingerprint density at radius 3 is 1.94 bits per heavy atom. The first-order chi connectivity index (χ1) is 7.16. The van der Waals surface area contributed by atoms with E-state index < -0.39 is 10.0 Å². The van der Waals surface area contributed by atoms with Crippen molar-refractivity contribution in [1.82, 2.24) is 8.87 Å². The quantitative estimate of drug-likeness (QED) is 0.804. The average molecular weight is 244 g/mol. The second-order valence-electron chi connectivity index (χ2n) is 4.54. The molecule has 0 fully saturated rings. The first kappa shape index (κ1) is 13.3. The third-order valence-corrected chi connectivity index (χ3v) is 4.06. The van der Waals surface area contributed by atoms with E-state index in [4.69, 9.17) is 0 Å². The van der Waals surface area contributed by atoms with Gasteiger partial charge in [-0.05, 0) is 46.0 Å². The van der Waals surface area contributed by atoms with Gasteiger partial charge in [0.05, 0.1) is 6.26 Å². The summed E-state index contributed by atoms with van der Waals surface area (Å²) in [6.45, 7) is 6.45. The van der Waals surface area contributed by atoms with Crippen molar-refractivity contribution < 1.29 is 8.42 Å². The molecule has 0 saturated heterocycles. The molecule has 0 atom stereocenters. The number of hydrogen-bond acceptors (Lipinski definition) is 3. The van der Waals surface area contributed by atoms with Gasteiger partial charge in [0.1, 0.15) is 0 Å². The fourth-order valence-electron chi connectivity index (χ4n) is 2.06. The Morgan fingerprint density at radius 1 is 1.12 bits per heavy atom. The molecule has 0 bridgehead atoms. The lowest BCUT2D eigenvalue weighted by Crippen LogP contribution is -2.15. The third-order valence-electron chi connectivity index (χ3n) is 2.85. The SMILES string of the molecule is Cc1c(CN(C)C)c(C)n(S(C)(=O)=O)c1C. The Bertz CT molecular complexity index is 499. The minimum absolute atomic E-state index is 0.765. The average Bonchev–Trinajstić information content (AvgIpc) is 2.28. The molecule has 92 valence electrons. The normalized spacial score (nSPS) is 12.4. The van der Waals surface area contributed by atoms with Crippen LogP contribution in [0.5, 0.6) is 0 Å². The van der Waals surface area contributed by atoms with Gasteiger partial charge in [-0.25, -0.2) is 12.4 Å². The van der Waals surface area contributed by atoms with Crippen LogP contribution in [-0.4, -0.2) is 37.6 Å². The molecule has 16 heavy (non-hydrogen) atoms. The predicted molar refractivity (Wildman–Crippen MR) is 66.3 cm³/mol. The fraction of sp³-hybridized carbons (Fsp3) is 0.636. The molecule has 0 aliphatic rings. The number of aromatic nitrogens is 1. The highest BCUT2D eigenvalue weighted by Gasteiger charge is 2.20. The van der Waals surface area contributed by atoms with Crippen molar-refractivity contribution in [2.45, 2.75) is 27.3 Å². The first-order valence-electron chi connectivity index (χ1n) is 5.19. The van der Waals surface area contributed by atoms with Crippen molar-refractivity contribution in [3.8, 4) is 0 Å². The van der Waals surface area contributed by atoms with Gasteiger partial charge in [0, 0.05) is 17.9 Å². The van der Waals surface area contributed by atoms with Gasteiger partial charge in [0.25, 0.3) is 0 Å². The Hall–Kier alpha value is -0.810. The summed E-state index contributed by atoms with van der Waals surface area (Å²) in [5.41, 5.74) is 3.81. The standard InChI is InChI=1S/C11H20N2O2S/c1-8-9(2)13(16(6,14)15)10(3)11(8)7-12(4)5/h7H2,1-6H3. The summed E-state index contributed by atoms with van der Waals surface area (Å²) >= 11 is 0. The maximum atomic E-state index is 11.7. The molecule has 1 rings (SSSR count). The number of rotatable bonds is 3. The van der Waals surface area contributed by atoms with Crippen LogP contribution in [0.1, 0.15) is 22.5 Å². The van der Waals surface area contributed by atoms with Crippen LogP contribution in [0, 0.1) is 20.8 Å². The van der Waals surface area contributed by atoms with Crippen LogP contribution in [0.4, 0.5) is 0 Å². The van der Waals surface area contributed by atoms with Gasteiger partial charge in [-0.3, -0.25) is 0 Å². The second kappa shape index (κ2) is 4.22. The van der Waals surface area contributed by atoms with Crippen LogP contribution in [-0.2, 0) is 16.6 Å². The van der Waals surface area contributed by atoms with E-state index in [0.29, 0.717) is 0 Å². The predicted octanol–water partition coefficient (Wildman–Crippen LogP) is 1.28. The lowest BCUT2D eigenvalue weighted by molar-refractivity contribution is 0.400. The molecule has 0 amide bonds. The molecule has 0 spiro atoms. The lowest BCUT2D eigenvalue weighted by atomic mass is 10.1. The van der Waals surface area contributed by atoms with Crippen molar-refractivity contribution in [3.05, 3.63) is 22.5 Å². The largest absolute Gasteiger partial charge is 0.305 e. The second-order valence-corrected chi connectivity index (χ2v) is 6.37. The van der Waals surface area contributed by atoms with E-state index in [1.54, 1.807) is 0 Å². The Labute approximate surface area is 97.9 Å². The molecule has 0 radical (unpaired) electrons. The maximum absolute atomic E-state index is 11.7. The summed E-state index contributed by atoms with van der Waals surface area (Å²) in [7, 11) is 0.753. The van der Waals surface area contributed by atoms with Crippen LogP contribution in [0.2, 0.25) is 0 Å². The van der Waals surface area contributed by atoms with Crippen molar-refractivity contribution >= 4 is 10.0 Å². The van der Waals surface area contributed by atoms with Gasteiger partial charge >= 0.3 is 0 Å². The topological polar surface area (TPSA) is 42.3 Å². The van der Waals surface area contributed by atoms with Gasteiger partial charge in [0.15, 0.2) is 0 Å². The summed E-state index contributed by atoms with van der Waals surface area (Å²) in [6, 6.07) is 0. The van der Waals surface area contributed by atoms with E-state index in [2.05, 4.69) is 0 Å². The maximum Gasteiger partial charge on any atom is 0.236 e. The molecule has 1 heterocycles. The van der Waals surface area contributed by atoms with Gasteiger partial charge in [0.2, 0.25) is 10.0 Å². The van der Waals surface area contributed by atoms with Crippen LogP contribution in [0.15, 0.2) is 0 Å². The highest BCUT2D eigenvalue weighted by atomic mass is 32.2. The third kappa shape index (κ3) is 2.30. The van der Waals surface area contributed by atoms with Gasteiger partial charge in [-0.15, -0.1) is 0 Å². The van der Waals surface area contributed by atoms with Crippen molar-refractivity contribution in [1.29, 1.82) is 0 Å². The summed E-state index contributed by atoms with van der Waals surface area (Å²) in [5.74, 6) is 0. The van der Waals surface area contributed by atoms with E-state index in [0.717, 1.165) is 29.1 Å². The molecule has 0 aliphatic carbocycles. The number of hydrogen-bond donors (Lipinski definition) is 0. The van der Waals surface area contributed by atoms with E-state index in [9.17, 15) is 8.42 Å². The van der Waals surface area contributed by atoms with Crippen LogP contribution in [0.25, 0.3) is 0 Å². The lowest BCUT2D eigenvalue weighted by Gasteiger charge is -2.11. The summed E-state index contributed by atoms with van der Waals surface area (Å²) in [5, 5.41) is 0. The minimum Gasteiger partial charge on any atom is -0.305 e. The summed E-state index contributed by atoms with van der Waals surface area (Å²) in [4.78, 5) is 2.04. The molecule has 0 aromatic carbocycles. The van der Waals surface area contributed by atoms with E-state index >= 15 is 0 Å². The zero-order valence-corrected chi connectivity index (χ0v) is 11.6. The number of nitrogens with zero attached hydrogens (tertiary/aromatic N) is 2. The van der Waals surface area contributed by atoms with Crippen LogP contribution < -0.4 is 0 Å². The summed E-state index contributed by atoms with van der Waals surface area (Å²) < 4.78 is 24.8. The highest BCUT2D eigenvalue weighted by molar-refractivity contribution is 7.89. The van der Waals surface area contributed by atoms with Gasteiger partial charge < -0.3 is 4.90 Å². The molecule has 4 nitrogen and oxygen atoms in total. The molecule has 5 heteroatoms. The molecular weight excluding hydrogens is 224 g/mol. The molecule has 1 aromatic rings. The van der Waals surface area contributed by atoms with Crippen LogP contribution >= 0.6 is 0 Å². The fourth-order valence-corrected chi connectivity index (χ4v) is 3.30. The Balaban J connectivity index is 3.46. The molecule has 1 aromatic heterocycles. The zero-order valence-electron chi connectivity index (χ0n) is 10.8. The molecule has 0 N–H and O–H groups in total. The Morgan fingerprint density at radius 2 is 1.62 bits per heavy atom. The monoisotopic (exact) mass is 244 g/mol. The minimum atomic E-state index is -3.20. The van der Waals surface area contributed by atoms with Gasteiger partial charge in [-0.1, -0.05) is 0 Å². The van der Waals surface area contributed by atoms with Gasteiger partial charge in [-0.2, -0.15) is 0 Å². The molecule has 0 saturated carbocycles. The van der Waals surface area contributed by atoms with E-state index in [1.165, 1.54) is 10.2 Å².